The predicted molar refractivity (Wildman–Crippen MR) is 84.0 cm³/mol. The SMILES string of the molecule is Cc1nc(CC2CC2)nc(C)c1CCCNCC(C)C. The maximum absolute atomic E-state index is 4.71. The molecule has 1 aliphatic carbocycles. The summed E-state index contributed by atoms with van der Waals surface area (Å²) in [6.07, 6.45) is 6.07. The van der Waals surface area contributed by atoms with Gasteiger partial charge in [0.1, 0.15) is 5.82 Å². The Kier molecular flexibility index (Phi) is 5.53. The van der Waals surface area contributed by atoms with Crippen LogP contribution in [0, 0.1) is 25.7 Å². The van der Waals surface area contributed by atoms with Crippen molar-refractivity contribution >= 4 is 0 Å². The molecule has 0 aromatic carbocycles. The predicted octanol–water partition coefficient (Wildman–Crippen LogP) is 3.22. The standard InChI is InChI=1S/C17H29N3/c1-12(2)11-18-9-5-6-16-13(3)19-17(20-14(16)4)10-15-7-8-15/h12,15,18H,5-11H2,1-4H3. The Bertz CT molecular complexity index is 413. The quantitative estimate of drug-likeness (QED) is 0.740. The Morgan fingerprint density at radius 2 is 1.80 bits per heavy atom. The molecule has 3 nitrogen and oxygen atoms in total. The van der Waals surface area contributed by atoms with Crippen LogP contribution in [0.5, 0.6) is 0 Å². The van der Waals surface area contributed by atoms with Gasteiger partial charge < -0.3 is 5.32 Å². The molecule has 20 heavy (non-hydrogen) atoms. The summed E-state index contributed by atoms with van der Waals surface area (Å²) in [5, 5.41) is 3.50. The molecule has 0 unspecified atom stereocenters. The van der Waals surface area contributed by atoms with Crippen LogP contribution in [0.25, 0.3) is 0 Å². The molecule has 1 aliphatic rings. The fourth-order valence-corrected chi connectivity index (χ4v) is 2.62. The maximum Gasteiger partial charge on any atom is 0.129 e. The third-order valence-corrected chi connectivity index (χ3v) is 3.97. The lowest BCUT2D eigenvalue weighted by Gasteiger charge is -2.12. The monoisotopic (exact) mass is 275 g/mol. The van der Waals surface area contributed by atoms with Crippen molar-refractivity contribution in [1.29, 1.82) is 0 Å². The van der Waals surface area contributed by atoms with Crippen molar-refractivity contribution in [3.8, 4) is 0 Å². The van der Waals surface area contributed by atoms with Crippen LogP contribution in [-0.2, 0) is 12.8 Å². The number of aromatic nitrogens is 2. The first-order chi connectivity index (χ1) is 9.56. The van der Waals surface area contributed by atoms with Crippen molar-refractivity contribution in [1.82, 2.24) is 15.3 Å². The van der Waals surface area contributed by atoms with Gasteiger partial charge in [-0.25, -0.2) is 9.97 Å². The van der Waals surface area contributed by atoms with E-state index in [-0.39, 0.29) is 0 Å². The molecule has 1 N–H and O–H groups in total. The van der Waals surface area contributed by atoms with Crippen LogP contribution in [0.3, 0.4) is 0 Å². The van der Waals surface area contributed by atoms with Gasteiger partial charge >= 0.3 is 0 Å². The largest absolute Gasteiger partial charge is 0.316 e. The molecule has 0 spiro atoms. The van der Waals surface area contributed by atoms with Gasteiger partial charge in [0.05, 0.1) is 0 Å². The number of hydrogen-bond acceptors (Lipinski definition) is 3. The van der Waals surface area contributed by atoms with Crippen molar-refractivity contribution in [2.75, 3.05) is 13.1 Å². The van der Waals surface area contributed by atoms with E-state index in [4.69, 9.17) is 9.97 Å². The molecule has 112 valence electrons. The lowest BCUT2D eigenvalue weighted by Crippen LogP contribution is -2.21. The van der Waals surface area contributed by atoms with Gasteiger partial charge in [-0.2, -0.15) is 0 Å². The summed E-state index contributed by atoms with van der Waals surface area (Å²) in [5.74, 6) is 2.65. The Balaban J connectivity index is 1.84. The van der Waals surface area contributed by atoms with Crippen LogP contribution in [0.1, 0.15) is 55.9 Å². The van der Waals surface area contributed by atoms with E-state index in [9.17, 15) is 0 Å². The van der Waals surface area contributed by atoms with Gasteiger partial charge in [-0.3, -0.25) is 0 Å². The van der Waals surface area contributed by atoms with Gasteiger partial charge in [0.15, 0.2) is 0 Å². The van der Waals surface area contributed by atoms with Crippen molar-refractivity contribution in [2.24, 2.45) is 11.8 Å². The van der Waals surface area contributed by atoms with Crippen LogP contribution >= 0.6 is 0 Å². The number of nitrogens with one attached hydrogen (secondary N) is 1. The molecule has 0 amide bonds. The summed E-state index contributed by atoms with van der Waals surface area (Å²) in [4.78, 5) is 9.42. The normalized spacial score (nSPS) is 15.1. The van der Waals surface area contributed by atoms with E-state index >= 15 is 0 Å². The summed E-state index contributed by atoms with van der Waals surface area (Å²) in [6, 6.07) is 0. The Labute approximate surface area is 123 Å². The van der Waals surface area contributed by atoms with Gasteiger partial charge in [0.2, 0.25) is 0 Å². The third kappa shape index (κ3) is 4.86. The zero-order valence-electron chi connectivity index (χ0n) is 13.5. The number of hydrogen-bond donors (Lipinski definition) is 1. The van der Waals surface area contributed by atoms with Crippen molar-refractivity contribution < 1.29 is 0 Å². The highest BCUT2D eigenvalue weighted by atomic mass is 14.9. The van der Waals surface area contributed by atoms with Crippen LogP contribution < -0.4 is 5.32 Å². The molecular weight excluding hydrogens is 246 g/mol. The van der Waals surface area contributed by atoms with Crippen LogP contribution in [0.2, 0.25) is 0 Å². The molecule has 0 bridgehead atoms. The zero-order valence-corrected chi connectivity index (χ0v) is 13.5. The first kappa shape index (κ1) is 15.4. The molecule has 1 saturated carbocycles. The molecule has 1 aromatic heterocycles. The number of nitrogens with zero attached hydrogens (tertiary/aromatic N) is 2. The topological polar surface area (TPSA) is 37.8 Å². The van der Waals surface area contributed by atoms with Crippen LogP contribution in [-0.4, -0.2) is 23.1 Å². The van der Waals surface area contributed by atoms with E-state index in [2.05, 4.69) is 33.0 Å². The fourth-order valence-electron chi connectivity index (χ4n) is 2.62. The van der Waals surface area contributed by atoms with Crippen molar-refractivity contribution in [3.05, 3.63) is 22.8 Å². The second-order valence-corrected chi connectivity index (χ2v) is 6.64. The smallest absolute Gasteiger partial charge is 0.129 e. The number of aryl methyl sites for hydroxylation is 2. The van der Waals surface area contributed by atoms with Crippen LogP contribution in [0.15, 0.2) is 0 Å². The fraction of sp³-hybridized carbons (Fsp3) is 0.765. The highest BCUT2D eigenvalue weighted by molar-refractivity contribution is 5.24. The summed E-state index contributed by atoms with van der Waals surface area (Å²) in [5.41, 5.74) is 3.74. The Morgan fingerprint density at radius 1 is 1.15 bits per heavy atom. The highest BCUT2D eigenvalue weighted by Crippen LogP contribution is 2.31. The van der Waals surface area contributed by atoms with E-state index in [0.717, 1.165) is 43.6 Å². The van der Waals surface area contributed by atoms with E-state index in [0.29, 0.717) is 0 Å². The zero-order chi connectivity index (χ0) is 14.5. The van der Waals surface area contributed by atoms with Crippen molar-refractivity contribution in [2.45, 2.75) is 59.8 Å². The Morgan fingerprint density at radius 3 is 2.35 bits per heavy atom. The van der Waals surface area contributed by atoms with Crippen molar-refractivity contribution in [3.63, 3.8) is 0 Å². The lowest BCUT2D eigenvalue weighted by molar-refractivity contribution is 0.542. The molecule has 0 atom stereocenters. The molecule has 1 heterocycles. The van der Waals surface area contributed by atoms with Gasteiger partial charge in [-0.15, -0.1) is 0 Å². The molecule has 3 heteroatoms. The summed E-state index contributed by atoms with van der Waals surface area (Å²) in [7, 11) is 0. The van der Waals surface area contributed by atoms with Gasteiger partial charge in [-0.05, 0) is 70.0 Å². The number of rotatable bonds is 8. The third-order valence-electron chi connectivity index (χ3n) is 3.97. The van der Waals surface area contributed by atoms with Gasteiger partial charge in [0.25, 0.3) is 0 Å². The maximum atomic E-state index is 4.71. The molecule has 1 fully saturated rings. The summed E-state index contributed by atoms with van der Waals surface area (Å²) < 4.78 is 0. The second-order valence-electron chi connectivity index (χ2n) is 6.64. The molecule has 2 rings (SSSR count). The Hall–Kier alpha value is -0.960. The molecule has 0 aliphatic heterocycles. The second kappa shape index (κ2) is 7.16. The average molecular weight is 275 g/mol. The van der Waals surface area contributed by atoms with E-state index in [1.807, 2.05) is 0 Å². The highest BCUT2D eigenvalue weighted by Gasteiger charge is 2.23. The summed E-state index contributed by atoms with van der Waals surface area (Å²) in [6.45, 7) is 11.0. The minimum atomic E-state index is 0.725. The van der Waals surface area contributed by atoms with Crippen LogP contribution in [0.4, 0.5) is 0 Å². The molecule has 0 saturated heterocycles. The minimum absolute atomic E-state index is 0.725. The lowest BCUT2D eigenvalue weighted by atomic mass is 10.1. The molecule has 0 radical (unpaired) electrons. The van der Waals surface area contributed by atoms with E-state index in [1.165, 1.54) is 36.2 Å². The molecular formula is C17H29N3. The first-order valence-corrected chi connectivity index (χ1v) is 8.10. The average Bonchev–Trinajstić information content (AvgIpc) is 3.15. The first-order valence-electron chi connectivity index (χ1n) is 8.10. The molecule has 1 aromatic rings. The van der Waals surface area contributed by atoms with E-state index < -0.39 is 0 Å². The minimum Gasteiger partial charge on any atom is -0.316 e. The summed E-state index contributed by atoms with van der Waals surface area (Å²) >= 11 is 0. The van der Waals surface area contributed by atoms with E-state index in [1.54, 1.807) is 0 Å². The van der Waals surface area contributed by atoms with Gasteiger partial charge in [-0.1, -0.05) is 13.8 Å². The van der Waals surface area contributed by atoms with Gasteiger partial charge in [0, 0.05) is 17.8 Å².